The van der Waals surface area contributed by atoms with Gasteiger partial charge in [-0.1, -0.05) is 12.1 Å². The van der Waals surface area contributed by atoms with Crippen LogP contribution < -0.4 is 21.5 Å². The molecule has 2 rings (SSSR count). The zero-order valence-corrected chi connectivity index (χ0v) is 12.6. The minimum Gasteiger partial charge on any atom is -0.341 e. The fourth-order valence-corrected chi connectivity index (χ4v) is 1.98. The highest BCUT2D eigenvalue weighted by molar-refractivity contribution is 5.56. The maximum absolute atomic E-state index is 5.44. The summed E-state index contributed by atoms with van der Waals surface area (Å²) < 4.78 is 0. The Morgan fingerprint density at radius 3 is 2.43 bits per heavy atom. The monoisotopic (exact) mass is 287 g/mol. The quantitative estimate of drug-likeness (QED) is 0.553. The topological polar surface area (TPSA) is 92.0 Å². The number of nitrogen functional groups attached to an aromatic ring is 1. The highest BCUT2D eigenvalue weighted by Gasteiger charge is 2.10. The second kappa shape index (κ2) is 6.85. The maximum Gasteiger partial charge on any atom is 0.243 e. The van der Waals surface area contributed by atoms with Crippen molar-refractivity contribution in [3.63, 3.8) is 0 Å². The molecule has 0 unspecified atom stereocenters. The predicted molar refractivity (Wildman–Crippen MR) is 85.7 cm³/mol. The van der Waals surface area contributed by atoms with E-state index in [1.807, 2.05) is 36.1 Å². The second-order valence-corrected chi connectivity index (χ2v) is 4.59. The van der Waals surface area contributed by atoms with E-state index in [0.29, 0.717) is 17.8 Å². The van der Waals surface area contributed by atoms with E-state index < -0.39 is 0 Å². The van der Waals surface area contributed by atoms with Gasteiger partial charge < -0.3 is 10.2 Å². The first-order valence-corrected chi connectivity index (χ1v) is 6.97. The molecule has 7 heteroatoms. The van der Waals surface area contributed by atoms with Gasteiger partial charge in [0, 0.05) is 18.8 Å². The summed E-state index contributed by atoms with van der Waals surface area (Å²) in [6.07, 6.45) is 0. The Kier molecular flexibility index (Phi) is 4.89. The predicted octanol–water partition coefficient (Wildman–Crippen LogP) is 2.06. The first-order valence-electron chi connectivity index (χ1n) is 6.97. The summed E-state index contributed by atoms with van der Waals surface area (Å²) in [5.41, 5.74) is 4.57. The fourth-order valence-electron chi connectivity index (χ4n) is 1.98. The molecule has 0 radical (unpaired) electrons. The third kappa shape index (κ3) is 3.79. The standard InChI is InChI=1S/C14H21N7/c1-4-21(5-2)14-18-12(17-13(19-14)20-15)16-11-8-6-7-10(3)9-11/h6-9H,4-5,15H2,1-3H3,(H2,16,17,18,19,20). The van der Waals surface area contributed by atoms with Crippen molar-refractivity contribution in [1.29, 1.82) is 0 Å². The van der Waals surface area contributed by atoms with Crippen LogP contribution in [0.1, 0.15) is 19.4 Å². The van der Waals surface area contributed by atoms with Crippen molar-refractivity contribution in [3.05, 3.63) is 29.8 Å². The van der Waals surface area contributed by atoms with Crippen LogP contribution in [-0.4, -0.2) is 28.0 Å². The summed E-state index contributed by atoms with van der Waals surface area (Å²) >= 11 is 0. The van der Waals surface area contributed by atoms with Crippen molar-refractivity contribution in [2.75, 3.05) is 28.7 Å². The van der Waals surface area contributed by atoms with E-state index in [1.54, 1.807) is 0 Å². The third-order valence-electron chi connectivity index (χ3n) is 3.07. The molecule has 0 fully saturated rings. The number of hydrazine groups is 1. The summed E-state index contributed by atoms with van der Waals surface area (Å²) in [5.74, 6) is 6.83. The van der Waals surface area contributed by atoms with Gasteiger partial charge in [0.1, 0.15) is 0 Å². The number of nitrogens with one attached hydrogen (secondary N) is 2. The zero-order valence-electron chi connectivity index (χ0n) is 12.6. The van der Waals surface area contributed by atoms with E-state index in [2.05, 4.69) is 39.5 Å². The van der Waals surface area contributed by atoms with Gasteiger partial charge in [0.2, 0.25) is 17.8 Å². The molecule has 1 aromatic carbocycles. The smallest absolute Gasteiger partial charge is 0.243 e. The van der Waals surface area contributed by atoms with Crippen LogP contribution in [0.5, 0.6) is 0 Å². The second-order valence-electron chi connectivity index (χ2n) is 4.59. The van der Waals surface area contributed by atoms with Gasteiger partial charge in [0.25, 0.3) is 0 Å². The Bertz CT molecular complexity index is 596. The van der Waals surface area contributed by atoms with Crippen molar-refractivity contribution in [2.24, 2.45) is 5.84 Å². The van der Waals surface area contributed by atoms with Gasteiger partial charge in [-0.25, -0.2) is 5.84 Å². The summed E-state index contributed by atoms with van der Waals surface area (Å²) in [7, 11) is 0. The number of nitrogens with two attached hydrogens (primary N) is 1. The Labute approximate surface area is 124 Å². The highest BCUT2D eigenvalue weighted by Crippen LogP contribution is 2.18. The minimum atomic E-state index is 0.335. The molecule has 112 valence electrons. The third-order valence-corrected chi connectivity index (χ3v) is 3.07. The summed E-state index contributed by atoms with van der Waals surface area (Å²) in [6, 6.07) is 8.00. The number of hydrogen-bond donors (Lipinski definition) is 3. The van der Waals surface area contributed by atoms with Gasteiger partial charge in [-0.05, 0) is 38.5 Å². The molecule has 21 heavy (non-hydrogen) atoms. The number of hydrogen-bond acceptors (Lipinski definition) is 7. The number of anilines is 4. The number of rotatable bonds is 6. The first-order chi connectivity index (χ1) is 10.2. The Balaban J connectivity index is 2.32. The molecule has 1 aromatic heterocycles. The van der Waals surface area contributed by atoms with E-state index in [4.69, 9.17) is 5.84 Å². The molecule has 4 N–H and O–H groups in total. The van der Waals surface area contributed by atoms with Crippen molar-refractivity contribution in [2.45, 2.75) is 20.8 Å². The lowest BCUT2D eigenvalue weighted by Crippen LogP contribution is -2.25. The molecule has 0 atom stereocenters. The average molecular weight is 287 g/mol. The van der Waals surface area contributed by atoms with Crippen molar-refractivity contribution >= 4 is 23.5 Å². The van der Waals surface area contributed by atoms with E-state index in [9.17, 15) is 0 Å². The van der Waals surface area contributed by atoms with Crippen LogP contribution in [0.3, 0.4) is 0 Å². The molecule has 0 saturated carbocycles. The molecule has 0 spiro atoms. The Morgan fingerprint density at radius 1 is 1.10 bits per heavy atom. The van der Waals surface area contributed by atoms with Crippen LogP contribution >= 0.6 is 0 Å². The SMILES string of the molecule is CCN(CC)c1nc(NN)nc(Nc2cccc(C)c2)n1. The van der Waals surface area contributed by atoms with Crippen LogP contribution in [0.15, 0.2) is 24.3 Å². The van der Waals surface area contributed by atoms with Gasteiger partial charge in [-0.3, -0.25) is 5.43 Å². The lowest BCUT2D eigenvalue weighted by molar-refractivity contribution is 0.814. The van der Waals surface area contributed by atoms with Crippen molar-refractivity contribution < 1.29 is 0 Å². The molecule has 0 bridgehead atoms. The molecule has 7 nitrogen and oxygen atoms in total. The molecule has 0 aliphatic heterocycles. The summed E-state index contributed by atoms with van der Waals surface area (Å²) in [4.78, 5) is 15.0. The zero-order chi connectivity index (χ0) is 15.2. The van der Waals surface area contributed by atoms with E-state index >= 15 is 0 Å². The maximum atomic E-state index is 5.44. The lowest BCUT2D eigenvalue weighted by atomic mass is 10.2. The van der Waals surface area contributed by atoms with Gasteiger partial charge in [-0.2, -0.15) is 15.0 Å². The normalized spacial score (nSPS) is 10.3. The highest BCUT2D eigenvalue weighted by atomic mass is 15.4. The molecular weight excluding hydrogens is 266 g/mol. The van der Waals surface area contributed by atoms with Gasteiger partial charge in [-0.15, -0.1) is 0 Å². The molecule has 0 aliphatic rings. The van der Waals surface area contributed by atoms with Crippen LogP contribution in [-0.2, 0) is 0 Å². The minimum absolute atomic E-state index is 0.335. The molecule has 1 heterocycles. The Hall–Kier alpha value is -2.41. The summed E-state index contributed by atoms with van der Waals surface area (Å²) in [6.45, 7) is 7.77. The van der Waals surface area contributed by atoms with Gasteiger partial charge in [0.15, 0.2) is 0 Å². The lowest BCUT2D eigenvalue weighted by Gasteiger charge is -2.19. The first kappa shape index (κ1) is 15.0. The van der Waals surface area contributed by atoms with E-state index in [0.717, 1.165) is 24.3 Å². The van der Waals surface area contributed by atoms with Crippen LogP contribution in [0.4, 0.5) is 23.5 Å². The molecule has 0 amide bonds. The fraction of sp³-hybridized carbons (Fsp3) is 0.357. The van der Waals surface area contributed by atoms with Gasteiger partial charge >= 0.3 is 0 Å². The largest absolute Gasteiger partial charge is 0.341 e. The molecular formula is C14H21N7. The van der Waals surface area contributed by atoms with Gasteiger partial charge in [0.05, 0.1) is 0 Å². The average Bonchev–Trinajstić information content (AvgIpc) is 2.48. The van der Waals surface area contributed by atoms with E-state index in [-0.39, 0.29) is 0 Å². The van der Waals surface area contributed by atoms with Crippen molar-refractivity contribution in [3.8, 4) is 0 Å². The number of nitrogens with zero attached hydrogens (tertiary/aromatic N) is 4. The number of benzene rings is 1. The molecule has 2 aromatic rings. The van der Waals surface area contributed by atoms with Crippen LogP contribution in [0, 0.1) is 6.92 Å². The Morgan fingerprint density at radius 2 is 1.81 bits per heavy atom. The van der Waals surface area contributed by atoms with Crippen LogP contribution in [0.25, 0.3) is 0 Å². The summed E-state index contributed by atoms with van der Waals surface area (Å²) in [5, 5.41) is 3.18. The molecule has 0 aliphatic carbocycles. The number of aryl methyl sites for hydroxylation is 1. The number of aromatic nitrogens is 3. The van der Waals surface area contributed by atoms with Crippen LogP contribution in [0.2, 0.25) is 0 Å². The molecule has 0 saturated heterocycles. The van der Waals surface area contributed by atoms with E-state index in [1.165, 1.54) is 0 Å². The van der Waals surface area contributed by atoms with Crippen molar-refractivity contribution in [1.82, 2.24) is 15.0 Å².